The van der Waals surface area contributed by atoms with Crippen LogP contribution >= 0.6 is 23.4 Å². The van der Waals surface area contributed by atoms with Gasteiger partial charge in [0.05, 0.1) is 29.8 Å². The fraction of sp³-hybridized carbons (Fsp3) is 0.100. The second kappa shape index (κ2) is 8.41. The van der Waals surface area contributed by atoms with Crippen LogP contribution in [-0.4, -0.2) is 35.4 Å². The van der Waals surface area contributed by atoms with E-state index in [1.165, 1.54) is 26.4 Å². The lowest BCUT2D eigenvalue weighted by atomic mass is 10.1. The van der Waals surface area contributed by atoms with Crippen LogP contribution in [-0.2, 0) is 9.53 Å². The van der Waals surface area contributed by atoms with E-state index < -0.39 is 5.97 Å². The number of phenols is 1. The molecule has 2 aromatic rings. The molecule has 144 valence electrons. The molecule has 8 heteroatoms. The molecule has 2 N–H and O–H groups in total. The van der Waals surface area contributed by atoms with Crippen molar-refractivity contribution in [3.63, 3.8) is 0 Å². The number of thioether (sulfide) groups is 1. The molecule has 0 bridgehead atoms. The van der Waals surface area contributed by atoms with Gasteiger partial charge in [-0.1, -0.05) is 35.5 Å². The molecule has 0 radical (unpaired) electrons. The fourth-order valence-electron chi connectivity index (χ4n) is 2.50. The SMILES string of the molecule is COC(=O)C1=C(O)C(=Cc2ccc(O)cc2OC)SC1=Nc1ccccc1Cl. The normalized spacial score (nSPS) is 16.7. The topological polar surface area (TPSA) is 88.4 Å². The summed E-state index contributed by atoms with van der Waals surface area (Å²) in [6, 6.07) is 11.5. The van der Waals surface area contributed by atoms with Crippen LogP contribution in [0.4, 0.5) is 5.69 Å². The van der Waals surface area contributed by atoms with Crippen LogP contribution in [0.5, 0.6) is 11.5 Å². The summed E-state index contributed by atoms with van der Waals surface area (Å²) in [5.41, 5.74) is 1.03. The number of aromatic hydroxyl groups is 1. The summed E-state index contributed by atoms with van der Waals surface area (Å²) >= 11 is 7.26. The molecular formula is C20H16ClNO5S. The van der Waals surface area contributed by atoms with Crippen LogP contribution in [0.3, 0.4) is 0 Å². The minimum Gasteiger partial charge on any atom is -0.508 e. The average Bonchev–Trinajstić information content (AvgIpc) is 2.99. The molecule has 0 amide bonds. The molecular weight excluding hydrogens is 402 g/mol. The molecule has 6 nitrogen and oxygen atoms in total. The summed E-state index contributed by atoms with van der Waals surface area (Å²) in [6.45, 7) is 0. The van der Waals surface area contributed by atoms with Gasteiger partial charge in [-0.15, -0.1) is 0 Å². The van der Waals surface area contributed by atoms with Crippen LogP contribution in [0.25, 0.3) is 6.08 Å². The summed E-state index contributed by atoms with van der Waals surface area (Å²) in [4.78, 5) is 17.0. The predicted molar refractivity (Wildman–Crippen MR) is 110 cm³/mol. The Morgan fingerprint density at radius 1 is 1.18 bits per heavy atom. The highest BCUT2D eigenvalue weighted by Crippen LogP contribution is 2.42. The first kappa shape index (κ1) is 19.9. The van der Waals surface area contributed by atoms with Gasteiger partial charge in [-0.05, 0) is 30.3 Å². The molecule has 0 aliphatic carbocycles. The average molecular weight is 418 g/mol. The quantitative estimate of drug-likeness (QED) is 0.691. The number of methoxy groups -OCH3 is 2. The van der Waals surface area contributed by atoms with Gasteiger partial charge in [0.15, 0.2) is 0 Å². The molecule has 0 saturated heterocycles. The summed E-state index contributed by atoms with van der Waals surface area (Å²) in [5, 5.41) is 20.9. The number of esters is 1. The first-order chi connectivity index (χ1) is 13.4. The maximum absolute atomic E-state index is 12.2. The monoisotopic (exact) mass is 417 g/mol. The molecule has 1 aliphatic heterocycles. The highest BCUT2D eigenvalue weighted by Gasteiger charge is 2.33. The fourth-order valence-corrected chi connectivity index (χ4v) is 3.70. The lowest BCUT2D eigenvalue weighted by Crippen LogP contribution is -2.10. The van der Waals surface area contributed by atoms with Gasteiger partial charge in [0, 0.05) is 11.6 Å². The number of halogens is 1. The van der Waals surface area contributed by atoms with Crippen LogP contribution < -0.4 is 4.74 Å². The summed E-state index contributed by atoms with van der Waals surface area (Å²) in [5.74, 6) is -0.499. The Balaban J connectivity index is 2.10. The number of aliphatic hydroxyl groups excluding tert-OH is 1. The Labute approximate surface area is 170 Å². The van der Waals surface area contributed by atoms with Crippen molar-refractivity contribution in [3.05, 3.63) is 69.3 Å². The van der Waals surface area contributed by atoms with Crippen LogP contribution in [0, 0.1) is 0 Å². The maximum Gasteiger partial charge on any atom is 0.344 e. The molecule has 3 rings (SSSR count). The van der Waals surface area contributed by atoms with Crippen molar-refractivity contribution < 1.29 is 24.5 Å². The Morgan fingerprint density at radius 3 is 2.61 bits per heavy atom. The predicted octanol–water partition coefficient (Wildman–Crippen LogP) is 4.86. The summed E-state index contributed by atoms with van der Waals surface area (Å²) in [7, 11) is 2.70. The Hall–Kier alpha value is -2.90. The van der Waals surface area contributed by atoms with Crippen LogP contribution in [0.2, 0.25) is 5.02 Å². The molecule has 0 aromatic heterocycles. The molecule has 28 heavy (non-hydrogen) atoms. The van der Waals surface area contributed by atoms with Crippen molar-refractivity contribution in [2.24, 2.45) is 4.99 Å². The zero-order chi connectivity index (χ0) is 20.3. The molecule has 0 unspecified atom stereocenters. The van der Waals surface area contributed by atoms with Gasteiger partial charge in [-0.3, -0.25) is 0 Å². The second-order valence-corrected chi connectivity index (χ2v) is 7.06. The summed E-state index contributed by atoms with van der Waals surface area (Å²) in [6.07, 6.45) is 1.64. The number of nitrogens with zero attached hydrogens (tertiary/aromatic N) is 1. The van der Waals surface area contributed by atoms with E-state index in [1.807, 2.05) is 0 Å². The number of para-hydroxylation sites is 1. The largest absolute Gasteiger partial charge is 0.508 e. The highest BCUT2D eigenvalue weighted by atomic mass is 35.5. The number of carbonyl (C=O) groups excluding carboxylic acids is 1. The van der Waals surface area contributed by atoms with Gasteiger partial charge >= 0.3 is 5.97 Å². The number of phenolic OH excluding ortho intramolecular Hbond substituents is 1. The van der Waals surface area contributed by atoms with E-state index in [9.17, 15) is 15.0 Å². The Kier molecular flexibility index (Phi) is 5.96. The smallest absolute Gasteiger partial charge is 0.344 e. The lowest BCUT2D eigenvalue weighted by Gasteiger charge is -2.06. The van der Waals surface area contributed by atoms with Crippen molar-refractivity contribution in [2.75, 3.05) is 14.2 Å². The molecule has 0 saturated carbocycles. The maximum atomic E-state index is 12.2. The standard InChI is InChI=1S/C20H16ClNO5S/c1-26-15-10-12(23)8-7-11(15)9-16-18(24)17(20(25)27-2)19(28-16)22-14-6-4-3-5-13(14)21/h3-10,23-24H,1-2H3. The second-order valence-electron chi connectivity index (χ2n) is 5.62. The number of carbonyl (C=O) groups is 1. The number of rotatable bonds is 4. The van der Waals surface area contributed by atoms with Crippen molar-refractivity contribution in [2.45, 2.75) is 0 Å². The summed E-state index contributed by atoms with van der Waals surface area (Å²) < 4.78 is 10.0. The van der Waals surface area contributed by atoms with Crippen molar-refractivity contribution in [1.82, 2.24) is 0 Å². The minimum absolute atomic E-state index is 0.0450. The Bertz CT molecular complexity index is 1030. The molecule has 0 fully saturated rings. The van der Waals surface area contributed by atoms with E-state index >= 15 is 0 Å². The van der Waals surface area contributed by atoms with Crippen molar-refractivity contribution in [3.8, 4) is 11.5 Å². The zero-order valence-corrected chi connectivity index (χ0v) is 16.5. The van der Waals surface area contributed by atoms with Gasteiger partial charge in [-0.25, -0.2) is 9.79 Å². The van der Waals surface area contributed by atoms with Crippen molar-refractivity contribution >= 4 is 46.1 Å². The number of aliphatic imine (C=N–C) groups is 1. The Morgan fingerprint density at radius 2 is 1.93 bits per heavy atom. The van der Waals surface area contributed by atoms with Gasteiger partial charge in [0.2, 0.25) is 0 Å². The third kappa shape index (κ3) is 4.00. The first-order valence-corrected chi connectivity index (χ1v) is 9.26. The first-order valence-electron chi connectivity index (χ1n) is 8.06. The van der Waals surface area contributed by atoms with Gasteiger partial charge in [0.25, 0.3) is 0 Å². The highest BCUT2D eigenvalue weighted by molar-refractivity contribution is 8.18. The van der Waals surface area contributed by atoms with E-state index in [4.69, 9.17) is 21.1 Å². The van der Waals surface area contributed by atoms with Gasteiger partial charge < -0.3 is 19.7 Å². The number of ether oxygens (including phenoxy) is 2. The third-order valence-corrected chi connectivity index (χ3v) is 5.20. The molecule has 1 heterocycles. The molecule has 2 aromatic carbocycles. The number of benzene rings is 2. The molecule has 0 spiro atoms. The van der Waals surface area contributed by atoms with E-state index in [-0.39, 0.29) is 22.1 Å². The number of hydrogen-bond acceptors (Lipinski definition) is 7. The molecule has 0 atom stereocenters. The lowest BCUT2D eigenvalue weighted by molar-refractivity contribution is -0.135. The molecule has 1 aliphatic rings. The van der Waals surface area contributed by atoms with Gasteiger partial charge in [-0.2, -0.15) is 0 Å². The van der Waals surface area contributed by atoms with Crippen molar-refractivity contribution in [1.29, 1.82) is 0 Å². The van der Waals surface area contributed by atoms with E-state index in [0.29, 0.717) is 26.9 Å². The van der Waals surface area contributed by atoms with Gasteiger partial charge in [0.1, 0.15) is 27.9 Å². The van der Waals surface area contributed by atoms with E-state index in [1.54, 1.807) is 36.4 Å². The zero-order valence-electron chi connectivity index (χ0n) is 15.0. The van der Waals surface area contributed by atoms with Crippen LogP contribution in [0.15, 0.2) is 63.7 Å². The van der Waals surface area contributed by atoms with E-state index in [0.717, 1.165) is 11.8 Å². The minimum atomic E-state index is -0.711. The number of hydrogen-bond donors (Lipinski definition) is 2. The van der Waals surface area contributed by atoms with Crippen LogP contribution in [0.1, 0.15) is 5.56 Å². The third-order valence-electron chi connectivity index (χ3n) is 3.86. The van der Waals surface area contributed by atoms with E-state index in [2.05, 4.69) is 4.99 Å². The number of aliphatic hydroxyl groups is 1.